The Morgan fingerprint density at radius 1 is 1.12 bits per heavy atom. The first kappa shape index (κ1) is 18.0. The van der Waals surface area contributed by atoms with Gasteiger partial charge in [-0.2, -0.15) is 0 Å². The zero-order chi connectivity index (χ0) is 18.2. The van der Waals surface area contributed by atoms with Gasteiger partial charge in [0.05, 0.1) is 18.6 Å². The monoisotopic (exact) mass is 389 g/mol. The second kappa shape index (κ2) is 9.02. The largest absolute Gasteiger partial charge is 0.467 e. The third-order valence-corrected chi connectivity index (χ3v) is 4.99. The van der Waals surface area contributed by atoms with Gasteiger partial charge in [0.1, 0.15) is 5.76 Å². The molecule has 0 saturated carbocycles. The molecule has 0 radical (unpaired) electrons. The van der Waals surface area contributed by atoms with Crippen molar-refractivity contribution < 1.29 is 14.0 Å². The van der Waals surface area contributed by atoms with Crippen molar-refractivity contribution in [3.8, 4) is 0 Å². The van der Waals surface area contributed by atoms with Gasteiger partial charge in [-0.05, 0) is 24.3 Å². The normalized spacial score (nSPS) is 10.3. The predicted octanol–water partition coefficient (Wildman–Crippen LogP) is 2.99. The first-order valence-electron chi connectivity index (χ1n) is 7.57. The van der Waals surface area contributed by atoms with Gasteiger partial charge < -0.3 is 15.1 Å². The lowest BCUT2D eigenvalue weighted by Crippen LogP contribution is -2.39. The van der Waals surface area contributed by atoms with E-state index >= 15 is 0 Å². The summed E-state index contributed by atoms with van der Waals surface area (Å²) in [7, 11) is 0. The number of rotatable bonds is 7. The van der Waals surface area contributed by atoms with Gasteiger partial charge in [-0.1, -0.05) is 41.3 Å². The maximum absolute atomic E-state index is 11.8. The minimum absolute atomic E-state index is 0.0636. The van der Waals surface area contributed by atoms with Gasteiger partial charge >= 0.3 is 6.03 Å². The molecule has 10 heteroatoms. The maximum atomic E-state index is 11.8. The maximum Gasteiger partial charge on any atom is 0.321 e. The molecule has 1 aromatic carbocycles. The molecule has 3 rings (SSSR count). The smallest absolute Gasteiger partial charge is 0.321 e. The van der Waals surface area contributed by atoms with E-state index in [2.05, 4.69) is 26.1 Å². The van der Waals surface area contributed by atoms with Crippen LogP contribution in [0.5, 0.6) is 0 Å². The summed E-state index contributed by atoms with van der Waals surface area (Å²) in [5, 5.41) is 16.6. The Labute approximate surface area is 157 Å². The highest BCUT2D eigenvalue weighted by Gasteiger charge is 2.11. The highest BCUT2D eigenvalue weighted by Crippen LogP contribution is 2.27. The van der Waals surface area contributed by atoms with Crippen molar-refractivity contribution in [1.82, 2.24) is 20.8 Å². The summed E-state index contributed by atoms with van der Waals surface area (Å²) < 4.78 is 5.72. The van der Waals surface area contributed by atoms with Gasteiger partial charge in [-0.3, -0.25) is 10.1 Å². The molecule has 0 fully saturated rings. The number of amides is 3. The zero-order valence-corrected chi connectivity index (χ0v) is 15.1. The summed E-state index contributed by atoms with van der Waals surface area (Å²) in [5.41, 5.74) is 0.908. The van der Waals surface area contributed by atoms with Crippen molar-refractivity contribution in [3.63, 3.8) is 0 Å². The molecule has 3 amide bonds. The summed E-state index contributed by atoms with van der Waals surface area (Å²) in [4.78, 5) is 23.4. The second-order valence-corrected chi connectivity index (χ2v) is 7.16. The molecule has 2 aromatic heterocycles. The minimum atomic E-state index is -0.573. The summed E-state index contributed by atoms with van der Waals surface area (Å²) in [6.07, 6.45) is 1.51. The predicted molar refractivity (Wildman–Crippen MR) is 99.4 cm³/mol. The SMILES string of the molecule is O=C(CSc1nnc(Nc2ccccc2)s1)NC(=O)NCc1ccco1. The number of nitrogens with one attached hydrogen (secondary N) is 3. The fourth-order valence-electron chi connectivity index (χ4n) is 1.88. The van der Waals surface area contributed by atoms with Crippen molar-refractivity contribution in [2.45, 2.75) is 10.9 Å². The number of para-hydroxylation sites is 1. The van der Waals surface area contributed by atoms with Crippen molar-refractivity contribution >= 4 is 45.9 Å². The van der Waals surface area contributed by atoms with E-state index in [4.69, 9.17) is 4.42 Å². The van der Waals surface area contributed by atoms with E-state index in [1.165, 1.54) is 29.4 Å². The Kier molecular flexibility index (Phi) is 6.23. The molecule has 0 bridgehead atoms. The second-order valence-electron chi connectivity index (χ2n) is 4.96. The van der Waals surface area contributed by atoms with Crippen molar-refractivity contribution in [1.29, 1.82) is 0 Å². The Bertz CT molecular complexity index is 852. The lowest BCUT2D eigenvalue weighted by atomic mass is 10.3. The van der Waals surface area contributed by atoms with E-state index in [1.54, 1.807) is 12.1 Å². The number of imide groups is 1. The van der Waals surface area contributed by atoms with Crippen LogP contribution in [0.25, 0.3) is 0 Å². The lowest BCUT2D eigenvalue weighted by Gasteiger charge is -2.04. The van der Waals surface area contributed by atoms with E-state index in [-0.39, 0.29) is 12.3 Å². The number of hydrogen-bond donors (Lipinski definition) is 3. The van der Waals surface area contributed by atoms with Crippen LogP contribution in [0.1, 0.15) is 5.76 Å². The molecule has 0 unspecified atom stereocenters. The van der Waals surface area contributed by atoms with E-state index in [0.29, 0.717) is 15.2 Å². The summed E-state index contributed by atoms with van der Waals surface area (Å²) in [6, 6.07) is 12.5. The number of carbonyl (C=O) groups is 2. The van der Waals surface area contributed by atoms with E-state index in [1.807, 2.05) is 30.3 Å². The molecular formula is C16H15N5O3S2. The first-order valence-corrected chi connectivity index (χ1v) is 9.38. The minimum Gasteiger partial charge on any atom is -0.467 e. The van der Waals surface area contributed by atoms with E-state index in [0.717, 1.165) is 5.69 Å². The quantitative estimate of drug-likeness (QED) is 0.533. The molecule has 0 aliphatic heterocycles. The van der Waals surface area contributed by atoms with Crippen LogP contribution >= 0.6 is 23.1 Å². The van der Waals surface area contributed by atoms with Gasteiger partial charge in [-0.15, -0.1) is 10.2 Å². The fraction of sp³-hybridized carbons (Fsp3) is 0.125. The Morgan fingerprint density at radius 2 is 1.96 bits per heavy atom. The molecule has 0 aliphatic rings. The van der Waals surface area contributed by atoms with Crippen LogP contribution in [0.2, 0.25) is 0 Å². The number of anilines is 2. The van der Waals surface area contributed by atoms with Gasteiger partial charge in [0.2, 0.25) is 11.0 Å². The highest BCUT2D eigenvalue weighted by atomic mass is 32.2. The standard InChI is InChI=1S/C16H15N5O3S2/c22-13(19-14(23)17-9-12-7-4-8-24-12)10-25-16-21-20-15(26-16)18-11-5-2-1-3-6-11/h1-8H,9-10H2,(H,18,20)(H2,17,19,22,23). The number of benzene rings is 1. The lowest BCUT2D eigenvalue weighted by molar-refractivity contribution is -0.117. The Balaban J connectivity index is 1.39. The highest BCUT2D eigenvalue weighted by molar-refractivity contribution is 8.01. The molecule has 0 atom stereocenters. The molecule has 2 heterocycles. The van der Waals surface area contributed by atoms with Crippen LogP contribution in [0.3, 0.4) is 0 Å². The fourth-order valence-corrected chi connectivity index (χ4v) is 3.45. The van der Waals surface area contributed by atoms with E-state index in [9.17, 15) is 9.59 Å². The van der Waals surface area contributed by atoms with Gasteiger partial charge in [-0.25, -0.2) is 4.79 Å². The Hall–Kier alpha value is -2.85. The Morgan fingerprint density at radius 3 is 2.73 bits per heavy atom. The molecule has 8 nitrogen and oxygen atoms in total. The molecule has 0 spiro atoms. The van der Waals surface area contributed by atoms with Crippen molar-refractivity contribution in [3.05, 3.63) is 54.5 Å². The van der Waals surface area contributed by atoms with Crippen LogP contribution in [-0.2, 0) is 11.3 Å². The summed E-state index contributed by atoms with van der Waals surface area (Å²) in [6.45, 7) is 0.212. The number of urea groups is 1. The molecule has 0 saturated heterocycles. The zero-order valence-electron chi connectivity index (χ0n) is 13.5. The average molecular weight is 389 g/mol. The molecular weight excluding hydrogens is 374 g/mol. The first-order chi connectivity index (χ1) is 12.7. The van der Waals surface area contributed by atoms with Crippen LogP contribution in [-0.4, -0.2) is 27.9 Å². The molecule has 26 heavy (non-hydrogen) atoms. The van der Waals surface area contributed by atoms with Gasteiger partial charge in [0.15, 0.2) is 4.34 Å². The van der Waals surface area contributed by atoms with Crippen LogP contribution in [0, 0.1) is 0 Å². The number of hydrogen-bond acceptors (Lipinski definition) is 8. The number of furan rings is 1. The third kappa shape index (κ3) is 5.60. The van der Waals surface area contributed by atoms with Gasteiger partial charge in [0, 0.05) is 5.69 Å². The molecule has 0 aliphatic carbocycles. The summed E-state index contributed by atoms with van der Waals surface area (Å²) in [5.74, 6) is 0.253. The number of carbonyl (C=O) groups excluding carboxylic acids is 2. The molecule has 3 N–H and O–H groups in total. The van der Waals surface area contributed by atoms with Crippen LogP contribution in [0.4, 0.5) is 15.6 Å². The van der Waals surface area contributed by atoms with Crippen molar-refractivity contribution in [2.75, 3.05) is 11.1 Å². The topological polar surface area (TPSA) is 109 Å². The van der Waals surface area contributed by atoms with Crippen LogP contribution in [0.15, 0.2) is 57.5 Å². The number of nitrogens with zero attached hydrogens (tertiary/aromatic N) is 2. The van der Waals surface area contributed by atoms with Crippen molar-refractivity contribution in [2.24, 2.45) is 0 Å². The third-order valence-electron chi connectivity index (χ3n) is 3.01. The van der Waals surface area contributed by atoms with E-state index < -0.39 is 11.9 Å². The summed E-state index contributed by atoms with van der Waals surface area (Å²) >= 11 is 2.55. The molecule has 134 valence electrons. The van der Waals surface area contributed by atoms with Gasteiger partial charge in [0.25, 0.3) is 0 Å². The van der Waals surface area contributed by atoms with Crippen LogP contribution < -0.4 is 16.0 Å². The average Bonchev–Trinajstić information content (AvgIpc) is 3.31. The number of thioether (sulfide) groups is 1. The number of aromatic nitrogens is 2. The molecule has 3 aromatic rings.